The second-order valence-electron chi connectivity index (χ2n) is 8.44. The molecule has 3 heterocycles. The Morgan fingerprint density at radius 1 is 1.06 bits per heavy atom. The van der Waals surface area contributed by atoms with Gasteiger partial charge in [0.05, 0.1) is 19.0 Å². The first-order valence-electron chi connectivity index (χ1n) is 11.0. The molecule has 1 aromatic carbocycles. The van der Waals surface area contributed by atoms with E-state index >= 15 is 0 Å². The largest absolute Gasteiger partial charge is 0.507 e. The molecule has 32 heavy (non-hydrogen) atoms. The van der Waals surface area contributed by atoms with Gasteiger partial charge in [-0.2, -0.15) is 0 Å². The van der Waals surface area contributed by atoms with Crippen LogP contribution in [0.15, 0.2) is 42.6 Å². The fourth-order valence-electron chi connectivity index (χ4n) is 4.32. The molecule has 0 spiro atoms. The van der Waals surface area contributed by atoms with E-state index < -0.39 is 5.82 Å². The van der Waals surface area contributed by atoms with Gasteiger partial charge in [-0.15, -0.1) is 10.2 Å². The van der Waals surface area contributed by atoms with Crippen LogP contribution in [-0.4, -0.2) is 52.6 Å². The Morgan fingerprint density at radius 3 is 2.62 bits per heavy atom. The zero-order valence-corrected chi connectivity index (χ0v) is 18.0. The lowest BCUT2D eigenvalue weighted by Crippen LogP contribution is -2.43. The molecule has 2 aliphatic rings. The van der Waals surface area contributed by atoms with E-state index in [1.165, 1.54) is 38.5 Å². The topological polar surface area (TPSA) is 83.4 Å². The van der Waals surface area contributed by atoms with Crippen molar-refractivity contribution in [3.8, 4) is 34.0 Å². The van der Waals surface area contributed by atoms with Crippen molar-refractivity contribution in [1.82, 2.24) is 20.5 Å². The smallest absolute Gasteiger partial charge is 0.213 e. The molecule has 1 aliphatic carbocycles. The van der Waals surface area contributed by atoms with Crippen molar-refractivity contribution in [2.24, 2.45) is 0 Å². The minimum Gasteiger partial charge on any atom is -0.507 e. The second-order valence-corrected chi connectivity index (χ2v) is 8.44. The summed E-state index contributed by atoms with van der Waals surface area (Å²) in [6, 6.07) is 11.5. The second kappa shape index (κ2) is 8.70. The van der Waals surface area contributed by atoms with Crippen LogP contribution in [0.2, 0.25) is 0 Å². The molecule has 2 fully saturated rings. The van der Waals surface area contributed by atoms with Gasteiger partial charge in [-0.1, -0.05) is 12.5 Å². The highest BCUT2D eigenvalue weighted by Crippen LogP contribution is 2.34. The Balaban J connectivity index is 1.31. The summed E-state index contributed by atoms with van der Waals surface area (Å²) in [4.78, 5) is 6.10. The maximum atomic E-state index is 14.2. The average Bonchev–Trinajstić information content (AvgIpc) is 3.26. The number of nitrogens with zero attached hydrogens (tertiary/aromatic N) is 4. The quantitative estimate of drug-likeness (QED) is 0.610. The van der Waals surface area contributed by atoms with E-state index in [1.54, 1.807) is 12.1 Å². The predicted molar refractivity (Wildman–Crippen MR) is 120 cm³/mol. The number of methoxy groups -OCH3 is 1. The maximum absolute atomic E-state index is 14.2. The summed E-state index contributed by atoms with van der Waals surface area (Å²) in [5.41, 5.74) is 1.93. The molecular formula is C24H26FN5O2. The Labute approximate surface area is 186 Å². The van der Waals surface area contributed by atoms with Gasteiger partial charge in [0.2, 0.25) is 5.88 Å². The minimum absolute atomic E-state index is 0.00524. The molecule has 1 saturated heterocycles. The first kappa shape index (κ1) is 20.6. The molecule has 0 bridgehead atoms. The van der Waals surface area contributed by atoms with Gasteiger partial charge in [0.1, 0.15) is 11.6 Å². The highest BCUT2D eigenvalue weighted by Gasteiger charge is 2.27. The van der Waals surface area contributed by atoms with E-state index in [4.69, 9.17) is 4.74 Å². The zero-order valence-electron chi connectivity index (χ0n) is 18.0. The molecule has 5 rings (SSSR count). The van der Waals surface area contributed by atoms with Gasteiger partial charge in [0.15, 0.2) is 5.82 Å². The van der Waals surface area contributed by atoms with Crippen LogP contribution >= 0.6 is 0 Å². The average molecular weight is 436 g/mol. The first-order valence-corrected chi connectivity index (χ1v) is 11.0. The van der Waals surface area contributed by atoms with Crippen molar-refractivity contribution >= 4 is 5.82 Å². The lowest BCUT2D eigenvalue weighted by Gasteiger charge is -2.29. The molecule has 7 nitrogen and oxygen atoms in total. The summed E-state index contributed by atoms with van der Waals surface area (Å²) in [7, 11) is 1.47. The Kier molecular flexibility index (Phi) is 5.61. The number of hydrogen-bond acceptors (Lipinski definition) is 7. The lowest BCUT2D eigenvalue weighted by molar-refractivity contribution is 0.311. The van der Waals surface area contributed by atoms with E-state index in [0.29, 0.717) is 40.3 Å². The van der Waals surface area contributed by atoms with Crippen LogP contribution in [0.5, 0.6) is 11.6 Å². The van der Waals surface area contributed by atoms with Crippen molar-refractivity contribution in [2.45, 2.75) is 37.8 Å². The Morgan fingerprint density at radius 2 is 1.94 bits per heavy atom. The maximum Gasteiger partial charge on any atom is 0.213 e. The Bertz CT molecular complexity index is 1100. The van der Waals surface area contributed by atoms with Gasteiger partial charge in [-0.05, 0) is 49.1 Å². The predicted octanol–water partition coefficient (Wildman–Crippen LogP) is 3.78. The van der Waals surface area contributed by atoms with Crippen LogP contribution in [0.4, 0.5) is 10.2 Å². The van der Waals surface area contributed by atoms with Crippen LogP contribution in [0.25, 0.3) is 22.4 Å². The first-order chi connectivity index (χ1) is 15.6. The molecule has 1 saturated carbocycles. The van der Waals surface area contributed by atoms with Crippen LogP contribution in [0.1, 0.15) is 25.7 Å². The van der Waals surface area contributed by atoms with Gasteiger partial charge in [-0.25, -0.2) is 9.37 Å². The SMILES string of the molecule is COc1cc(-c2ccc(-c3ccc(N4CCC(NC5CCC5)C4)nn3)c(O)c2)c(F)cn1. The van der Waals surface area contributed by atoms with Gasteiger partial charge in [0, 0.05) is 42.4 Å². The number of ether oxygens (including phenoxy) is 1. The number of phenolic OH excluding ortho intramolecular Hbond substituents is 1. The third-order valence-corrected chi connectivity index (χ3v) is 6.36. The highest BCUT2D eigenvalue weighted by molar-refractivity contribution is 5.75. The van der Waals surface area contributed by atoms with E-state index in [1.807, 2.05) is 12.1 Å². The Hall–Kier alpha value is -3.26. The van der Waals surface area contributed by atoms with Gasteiger partial charge in [-0.3, -0.25) is 0 Å². The molecule has 0 radical (unpaired) electrons. The van der Waals surface area contributed by atoms with Crippen molar-refractivity contribution in [1.29, 1.82) is 0 Å². The molecule has 8 heteroatoms. The number of pyridine rings is 1. The summed E-state index contributed by atoms with van der Waals surface area (Å²) in [5.74, 6) is 0.663. The number of hydrogen-bond donors (Lipinski definition) is 2. The summed E-state index contributed by atoms with van der Waals surface area (Å²) < 4.78 is 19.3. The zero-order chi connectivity index (χ0) is 22.1. The molecule has 3 aromatic rings. The molecule has 2 N–H and O–H groups in total. The summed E-state index contributed by atoms with van der Waals surface area (Å²) in [6.07, 6.45) is 6.12. The van der Waals surface area contributed by atoms with E-state index in [2.05, 4.69) is 25.4 Å². The van der Waals surface area contributed by atoms with Crippen molar-refractivity contribution in [3.05, 3.63) is 48.4 Å². The normalized spacial score (nSPS) is 18.6. The monoisotopic (exact) mass is 435 g/mol. The number of anilines is 1. The molecule has 1 unspecified atom stereocenters. The fourth-order valence-corrected chi connectivity index (χ4v) is 4.32. The molecule has 1 atom stereocenters. The molecule has 1 aliphatic heterocycles. The number of rotatable bonds is 6. The standard InChI is InChI=1S/C24H26FN5O2/c1-32-24-12-19(20(25)13-26-24)15-5-6-18(22(31)11-15)21-7-8-23(29-28-21)30-10-9-17(14-30)27-16-3-2-4-16/h5-8,11-13,16-17,27,31H,2-4,9-10,14H2,1H3. The minimum atomic E-state index is -0.488. The van der Waals surface area contributed by atoms with Crippen LogP contribution in [0.3, 0.4) is 0 Å². The molecule has 0 amide bonds. The van der Waals surface area contributed by atoms with E-state index in [0.717, 1.165) is 31.5 Å². The van der Waals surface area contributed by atoms with Gasteiger partial charge >= 0.3 is 0 Å². The van der Waals surface area contributed by atoms with Crippen LogP contribution in [0, 0.1) is 5.82 Å². The fraction of sp³-hybridized carbons (Fsp3) is 0.375. The summed E-state index contributed by atoms with van der Waals surface area (Å²) in [6.45, 7) is 1.89. The van der Waals surface area contributed by atoms with Crippen LogP contribution < -0.4 is 15.0 Å². The van der Waals surface area contributed by atoms with Crippen LogP contribution in [-0.2, 0) is 0 Å². The number of nitrogens with one attached hydrogen (secondary N) is 1. The van der Waals surface area contributed by atoms with Crippen molar-refractivity contribution in [2.75, 3.05) is 25.1 Å². The van der Waals surface area contributed by atoms with Gasteiger partial charge < -0.3 is 20.1 Å². The van der Waals surface area contributed by atoms with Crippen molar-refractivity contribution in [3.63, 3.8) is 0 Å². The van der Waals surface area contributed by atoms with Crippen molar-refractivity contribution < 1.29 is 14.2 Å². The number of aromatic nitrogens is 3. The number of phenols is 1. The van der Waals surface area contributed by atoms with E-state index in [-0.39, 0.29) is 5.75 Å². The molecule has 2 aromatic heterocycles. The molecular weight excluding hydrogens is 409 g/mol. The summed E-state index contributed by atoms with van der Waals surface area (Å²) >= 11 is 0. The third kappa shape index (κ3) is 4.10. The van der Waals surface area contributed by atoms with Gasteiger partial charge in [0.25, 0.3) is 0 Å². The van der Waals surface area contributed by atoms with E-state index in [9.17, 15) is 9.50 Å². The number of aromatic hydroxyl groups is 1. The number of halogens is 1. The third-order valence-electron chi connectivity index (χ3n) is 6.36. The summed E-state index contributed by atoms with van der Waals surface area (Å²) in [5, 5.41) is 23.1. The highest BCUT2D eigenvalue weighted by atomic mass is 19.1. The lowest BCUT2D eigenvalue weighted by atomic mass is 9.92. The molecule has 166 valence electrons. The number of benzene rings is 1.